The van der Waals surface area contributed by atoms with Crippen molar-refractivity contribution in [3.63, 3.8) is 0 Å². The van der Waals surface area contributed by atoms with E-state index in [1.165, 1.54) is 11.5 Å². The molecular formula is C20H15BrClNO2. The Balaban J connectivity index is 1.84. The van der Waals surface area contributed by atoms with Crippen molar-refractivity contribution in [3.05, 3.63) is 81.3 Å². The van der Waals surface area contributed by atoms with Crippen LogP contribution in [-0.2, 0) is 11.4 Å². The molecular weight excluding hydrogens is 402 g/mol. The number of amides is 1. The third-order valence-electron chi connectivity index (χ3n) is 3.71. The van der Waals surface area contributed by atoms with E-state index >= 15 is 0 Å². The van der Waals surface area contributed by atoms with Crippen molar-refractivity contribution in [3.8, 4) is 5.75 Å². The molecule has 3 nitrogen and oxygen atoms in total. The Bertz CT molecular complexity index is 941. The second kappa shape index (κ2) is 7.72. The van der Waals surface area contributed by atoms with E-state index in [0.29, 0.717) is 21.9 Å². The van der Waals surface area contributed by atoms with Crippen molar-refractivity contribution in [1.29, 1.82) is 0 Å². The van der Waals surface area contributed by atoms with Crippen LogP contribution in [0.4, 0.5) is 0 Å². The highest BCUT2D eigenvalue weighted by atomic mass is 79.9. The Kier molecular flexibility index (Phi) is 5.41. The highest BCUT2D eigenvalue weighted by Crippen LogP contribution is 2.35. The molecule has 0 saturated heterocycles. The molecule has 126 valence electrons. The van der Waals surface area contributed by atoms with Crippen molar-refractivity contribution in [2.75, 3.05) is 0 Å². The van der Waals surface area contributed by atoms with Crippen LogP contribution in [0.1, 0.15) is 11.1 Å². The van der Waals surface area contributed by atoms with E-state index < -0.39 is 5.91 Å². The van der Waals surface area contributed by atoms with Gasteiger partial charge in [-0.05, 0) is 56.0 Å². The second-order valence-corrected chi connectivity index (χ2v) is 6.74. The number of primary amides is 1. The average Bonchev–Trinajstić information content (AvgIpc) is 2.59. The monoisotopic (exact) mass is 415 g/mol. The van der Waals surface area contributed by atoms with Crippen LogP contribution < -0.4 is 10.5 Å². The zero-order chi connectivity index (χ0) is 17.8. The van der Waals surface area contributed by atoms with Gasteiger partial charge in [0.05, 0.1) is 9.50 Å². The fourth-order valence-electron chi connectivity index (χ4n) is 2.56. The molecule has 0 aromatic heterocycles. The number of rotatable bonds is 5. The van der Waals surface area contributed by atoms with Crippen LogP contribution >= 0.6 is 27.5 Å². The van der Waals surface area contributed by atoms with Crippen molar-refractivity contribution in [1.82, 2.24) is 0 Å². The number of benzene rings is 3. The van der Waals surface area contributed by atoms with Gasteiger partial charge in [0, 0.05) is 6.08 Å². The Hall–Kier alpha value is -2.30. The van der Waals surface area contributed by atoms with Gasteiger partial charge in [-0.1, -0.05) is 54.1 Å². The van der Waals surface area contributed by atoms with Gasteiger partial charge in [-0.3, -0.25) is 4.79 Å². The lowest BCUT2D eigenvalue weighted by molar-refractivity contribution is -0.113. The Morgan fingerprint density at radius 2 is 1.92 bits per heavy atom. The number of halogens is 2. The van der Waals surface area contributed by atoms with Crippen molar-refractivity contribution in [2.24, 2.45) is 5.73 Å². The number of ether oxygens (including phenoxy) is 1. The number of hydrogen-bond donors (Lipinski definition) is 1. The van der Waals surface area contributed by atoms with Gasteiger partial charge < -0.3 is 10.5 Å². The molecule has 0 aliphatic rings. The van der Waals surface area contributed by atoms with Gasteiger partial charge in [0.1, 0.15) is 6.61 Å². The van der Waals surface area contributed by atoms with E-state index in [1.54, 1.807) is 12.1 Å². The summed E-state index contributed by atoms with van der Waals surface area (Å²) in [7, 11) is 0. The maximum Gasteiger partial charge on any atom is 0.241 e. The summed E-state index contributed by atoms with van der Waals surface area (Å²) in [6.45, 7) is 0.399. The molecule has 0 aliphatic carbocycles. The first kappa shape index (κ1) is 17.5. The van der Waals surface area contributed by atoms with E-state index in [1.807, 2.05) is 30.3 Å². The number of carbonyl (C=O) groups is 1. The number of carbonyl (C=O) groups excluding carboxylic acids is 1. The lowest BCUT2D eigenvalue weighted by Gasteiger charge is -2.12. The van der Waals surface area contributed by atoms with Crippen molar-refractivity contribution < 1.29 is 9.53 Å². The van der Waals surface area contributed by atoms with Gasteiger partial charge in [0.15, 0.2) is 5.75 Å². The zero-order valence-electron chi connectivity index (χ0n) is 13.2. The van der Waals surface area contributed by atoms with E-state index in [4.69, 9.17) is 22.1 Å². The average molecular weight is 417 g/mol. The maximum atomic E-state index is 10.8. The predicted molar refractivity (Wildman–Crippen MR) is 106 cm³/mol. The van der Waals surface area contributed by atoms with Gasteiger partial charge in [0.25, 0.3) is 0 Å². The summed E-state index contributed by atoms with van der Waals surface area (Å²) in [4.78, 5) is 10.8. The molecule has 0 atom stereocenters. The van der Waals surface area contributed by atoms with E-state index in [-0.39, 0.29) is 0 Å². The van der Waals surface area contributed by atoms with Crippen LogP contribution in [0.2, 0.25) is 5.02 Å². The Morgan fingerprint density at radius 1 is 1.16 bits per heavy atom. The van der Waals surface area contributed by atoms with Crippen LogP contribution in [0.5, 0.6) is 5.75 Å². The van der Waals surface area contributed by atoms with Crippen LogP contribution in [0.15, 0.2) is 65.1 Å². The van der Waals surface area contributed by atoms with E-state index in [9.17, 15) is 4.79 Å². The molecule has 5 heteroatoms. The Labute approximate surface area is 159 Å². The van der Waals surface area contributed by atoms with Gasteiger partial charge in [-0.25, -0.2) is 0 Å². The highest BCUT2D eigenvalue weighted by molar-refractivity contribution is 9.10. The second-order valence-electron chi connectivity index (χ2n) is 5.48. The van der Waals surface area contributed by atoms with Gasteiger partial charge in [-0.2, -0.15) is 0 Å². The van der Waals surface area contributed by atoms with E-state index in [0.717, 1.165) is 16.5 Å². The first-order chi connectivity index (χ1) is 12.0. The van der Waals surface area contributed by atoms with Crippen molar-refractivity contribution >= 4 is 50.3 Å². The van der Waals surface area contributed by atoms with Crippen LogP contribution in [-0.4, -0.2) is 5.91 Å². The lowest BCUT2D eigenvalue weighted by atomic mass is 10.1. The van der Waals surface area contributed by atoms with Crippen LogP contribution in [0, 0.1) is 0 Å². The predicted octanol–water partition coefficient (Wildman–Crippen LogP) is 5.33. The first-order valence-corrected chi connectivity index (χ1v) is 8.77. The minimum Gasteiger partial charge on any atom is -0.486 e. The Morgan fingerprint density at radius 3 is 2.68 bits per heavy atom. The zero-order valence-corrected chi connectivity index (χ0v) is 15.5. The lowest BCUT2D eigenvalue weighted by Crippen LogP contribution is -2.05. The van der Waals surface area contributed by atoms with Crippen molar-refractivity contribution in [2.45, 2.75) is 6.61 Å². The molecule has 0 spiro atoms. The minimum atomic E-state index is -0.511. The summed E-state index contributed by atoms with van der Waals surface area (Å²) in [6, 6.07) is 17.8. The quantitative estimate of drug-likeness (QED) is 0.571. The fraction of sp³-hybridized carbons (Fsp3) is 0.0500. The third kappa shape index (κ3) is 4.21. The molecule has 0 fully saturated rings. The normalized spacial score (nSPS) is 11.1. The third-order valence-corrected chi connectivity index (χ3v) is 4.58. The first-order valence-electron chi connectivity index (χ1n) is 7.60. The molecule has 0 radical (unpaired) electrons. The van der Waals surface area contributed by atoms with Crippen LogP contribution in [0.25, 0.3) is 16.8 Å². The topological polar surface area (TPSA) is 52.3 Å². The molecule has 0 heterocycles. The fourth-order valence-corrected chi connectivity index (χ4v) is 3.55. The number of hydrogen-bond acceptors (Lipinski definition) is 2. The highest BCUT2D eigenvalue weighted by Gasteiger charge is 2.10. The standard InChI is InChI=1S/C20H15BrClNO2/c21-17-10-13(8-9-19(23)24)11-18(22)20(17)25-12-15-6-3-5-14-4-1-2-7-16(14)15/h1-11H,12H2,(H2,23,24)/b9-8+. The van der Waals surface area contributed by atoms with Crippen LogP contribution in [0.3, 0.4) is 0 Å². The largest absolute Gasteiger partial charge is 0.486 e. The molecule has 1 amide bonds. The molecule has 3 aromatic carbocycles. The summed E-state index contributed by atoms with van der Waals surface area (Å²) in [5, 5.41) is 2.78. The molecule has 25 heavy (non-hydrogen) atoms. The smallest absolute Gasteiger partial charge is 0.241 e. The molecule has 0 unspecified atom stereocenters. The van der Waals surface area contributed by atoms with E-state index in [2.05, 4.69) is 34.1 Å². The minimum absolute atomic E-state index is 0.399. The van der Waals surface area contributed by atoms with Gasteiger partial charge in [0.2, 0.25) is 5.91 Å². The molecule has 2 N–H and O–H groups in total. The molecule has 0 aliphatic heterocycles. The molecule has 0 bridgehead atoms. The summed E-state index contributed by atoms with van der Waals surface area (Å²) < 4.78 is 6.66. The maximum absolute atomic E-state index is 10.8. The van der Waals surface area contributed by atoms with Gasteiger partial charge >= 0.3 is 0 Å². The summed E-state index contributed by atoms with van der Waals surface area (Å²) in [6.07, 6.45) is 2.89. The molecule has 3 rings (SSSR count). The summed E-state index contributed by atoms with van der Waals surface area (Å²) in [5.74, 6) is 0.0503. The molecule has 0 saturated carbocycles. The SMILES string of the molecule is NC(=O)/C=C/c1cc(Cl)c(OCc2cccc3ccccc23)c(Br)c1. The van der Waals surface area contributed by atoms with Gasteiger partial charge in [-0.15, -0.1) is 0 Å². The molecule has 3 aromatic rings. The summed E-state index contributed by atoms with van der Waals surface area (Å²) >= 11 is 9.80. The number of nitrogens with two attached hydrogens (primary N) is 1. The number of fused-ring (bicyclic) bond motifs is 1. The summed E-state index contributed by atoms with van der Waals surface area (Å²) in [5.41, 5.74) is 6.95.